The predicted octanol–water partition coefficient (Wildman–Crippen LogP) is 2.25. The van der Waals surface area contributed by atoms with Crippen LogP contribution in [0.2, 0.25) is 0 Å². The van der Waals surface area contributed by atoms with Crippen LogP contribution in [0.3, 0.4) is 0 Å². The van der Waals surface area contributed by atoms with Crippen molar-refractivity contribution in [3.05, 3.63) is 17.0 Å². The van der Waals surface area contributed by atoms with Crippen LogP contribution in [0.15, 0.2) is 4.99 Å². The molecule has 6 nitrogen and oxygen atoms in total. The van der Waals surface area contributed by atoms with Gasteiger partial charge >= 0.3 is 0 Å². The van der Waals surface area contributed by atoms with Gasteiger partial charge in [0.25, 0.3) is 0 Å². The number of hydrogen-bond acceptors (Lipinski definition) is 3. The Labute approximate surface area is 159 Å². The standard InChI is InChI=1S/C20H38N6/c1-7-21-20(22-10-13-26-11-8-15(2)9-12-26)23-16(3)14-19-17(4)24-25(6)18(19)5/h15-16H,7-14H2,1-6H3,(H2,21,22,23). The van der Waals surface area contributed by atoms with Crippen molar-refractivity contribution in [2.75, 3.05) is 32.7 Å². The fourth-order valence-corrected chi connectivity index (χ4v) is 3.61. The van der Waals surface area contributed by atoms with Crippen molar-refractivity contribution < 1.29 is 0 Å². The Balaban J connectivity index is 1.85. The molecule has 1 aromatic heterocycles. The lowest BCUT2D eigenvalue weighted by Crippen LogP contribution is -2.43. The predicted molar refractivity (Wildman–Crippen MR) is 110 cm³/mol. The molecule has 1 fully saturated rings. The highest BCUT2D eigenvalue weighted by molar-refractivity contribution is 5.80. The SMILES string of the molecule is CCNC(=NCCN1CCC(C)CC1)NC(C)Cc1c(C)nn(C)c1C. The summed E-state index contributed by atoms with van der Waals surface area (Å²) in [6, 6.07) is 0.310. The third-order valence-electron chi connectivity index (χ3n) is 5.46. The number of aryl methyl sites for hydroxylation is 2. The zero-order valence-corrected chi connectivity index (χ0v) is 17.6. The molecule has 6 heteroatoms. The van der Waals surface area contributed by atoms with E-state index in [-0.39, 0.29) is 0 Å². The molecule has 1 aliphatic heterocycles. The van der Waals surface area contributed by atoms with Crippen LogP contribution in [0.1, 0.15) is 50.6 Å². The Bertz CT molecular complexity index is 583. The molecule has 1 aliphatic rings. The first-order valence-corrected chi connectivity index (χ1v) is 10.2. The van der Waals surface area contributed by atoms with Gasteiger partial charge in [-0.3, -0.25) is 9.67 Å². The fraction of sp³-hybridized carbons (Fsp3) is 0.800. The summed E-state index contributed by atoms with van der Waals surface area (Å²) < 4.78 is 1.97. The molecule has 2 heterocycles. The topological polar surface area (TPSA) is 57.5 Å². The summed E-state index contributed by atoms with van der Waals surface area (Å²) in [5, 5.41) is 11.5. The van der Waals surface area contributed by atoms with Gasteiger partial charge in [-0.05, 0) is 71.5 Å². The summed E-state index contributed by atoms with van der Waals surface area (Å²) >= 11 is 0. The van der Waals surface area contributed by atoms with E-state index in [1.54, 1.807) is 0 Å². The largest absolute Gasteiger partial charge is 0.357 e. The van der Waals surface area contributed by atoms with Crippen molar-refractivity contribution in [1.29, 1.82) is 0 Å². The molecular weight excluding hydrogens is 324 g/mol. The van der Waals surface area contributed by atoms with Gasteiger partial charge in [-0.2, -0.15) is 5.10 Å². The first-order valence-electron chi connectivity index (χ1n) is 10.2. The molecule has 0 amide bonds. The molecule has 1 atom stereocenters. The summed E-state index contributed by atoms with van der Waals surface area (Å²) in [5.41, 5.74) is 3.71. The minimum absolute atomic E-state index is 0.310. The Morgan fingerprint density at radius 1 is 1.31 bits per heavy atom. The lowest BCUT2D eigenvalue weighted by molar-refractivity contribution is 0.197. The van der Waals surface area contributed by atoms with Crippen LogP contribution in [-0.4, -0.2) is 59.4 Å². The second kappa shape index (κ2) is 9.95. The highest BCUT2D eigenvalue weighted by Gasteiger charge is 2.16. The lowest BCUT2D eigenvalue weighted by Gasteiger charge is -2.29. The van der Waals surface area contributed by atoms with Gasteiger partial charge in [0, 0.05) is 31.9 Å². The maximum atomic E-state index is 4.79. The van der Waals surface area contributed by atoms with E-state index in [1.807, 2.05) is 11.7 Å². The second-order valence-electron chi connectivity index (χ2n) is 7.81. The van der Waals surface area contributed by atoms with E-state index in [2.05, 4.69) is 55.3 Å². The van der Waals surface area contributed by atoms with E-state index >= 15 is 0 Å². The first kappa shape index (κ1) is 20.7. The Hall–Kier alpha value is -1.56. The number of piperidine rings is 1. The number of aliphatic imine (C=N–C) groups is 1. The minimum atomic E-state index is 0.310. The van der Waals surface area contributed by atoms with E-state index in [4.69, 9.17) is 4.99 Å². The number of hydrogen-bond donors (Lipinski definition) is 2. The van der Waals surface area contributed by atoms with Crippen LogP contribution in [0.5, 0.6) is 0 Å². The molecule has 1 saturated heterocycles. The van der Waals surface area contributed by atoms with Crippen molar-refractivity contribution in [2.24, 2.45) is 18.0 Å². The molecule has 0 bridgehead atoms. The molecule has 26 heavy (non-hydrogen) atoms. The summed E-state index contributed by atoms with van der Waals surface area (Å²) in [6.45, 7) is 16.1. The van der Waals surface area contributed by atoms with Crippen molar-refractivity contribution in [2.45, 2.75) is 59.9 Å². The summed E-state index contributed by atoms with van der Waals surface area (Å²) in [6.07, 6.45) is 3.60. The molecule has 1 aromatic rings. The van der Waals surface area contributed by atoms with Crippen molar-refractivity contribution >= 4 is 5.96 Å². The Morgan fingerprint density at radius 3 is 2.58 bits per heavy atom. The number of nitrogens with one attached hydrogen (secondary N) is 2. The van der Waals surface area contributed by atoms with Gasteiger partial charge in [0.2, 0.25) is 0 Å². The van der Waals surface area contributed by atoms with Crippen LogP contribution in [0.25, 0.3) is 0 Å². The molecule has 2 N–H and O–H groups in total. The molecular formula is C20H38N6. The third-order valence-corrected chi connectivity index (χ3v) is 5.46. The average molecular weight is 363 g/mol. The second-order valence-corrected chi connectivity index (χ2v) is 7.81. The maximum Gasteiger partial charge on any atom is 0.191 e. The number of likely N-dealkylation sites (tertiary alicyclic amines) is 1. The van der Waals surface area contributed by atoms with Crippen LogP contribution in [-0.2, 0) is 13.5 Å². The monoisotopic (exact) mass is 362 g/mol. The molecule has 0 saturated carbocycles. The van der Waals surface area contributed by atoms with Crippen LogP contribution in [0, 0.1) is 19.8 Å². The van der Waals surface area contributed by atoms with E-state index < -0.39 is 0 Å². The van der Waals surface area contributed by atoms with Crippen LogP contribution < -0.4 is 10.6 Å². The van der Waals surface area contributed by atoms with E-state index in [9.17, 15) is 0 Å². The third kappa shape index (κ3) is 6.01. The summed E-state index contributed by atoms with van der Waals surface area (Å²) in [7, 11) is 2.01. The van der Waals surface area contributed by atoms with Crippen molar-refractivity contribution in [1.82, 2.24) is 25.3 Å². The number of nitrogens with zero attached hydrogens (tertiary/aromatic N) is 4. The fourth-order valence-electron chi connectivity index (χ4n) is 3.61. The van der Waals surface area contributed by atoms with Gasteiger partial charge < -0.3 is 15.5 Å². The van der Waals surface area contributed by atoms with Gasteiger partial charge in [-0.1, -0.05) is 6.92 Å². The Morgan fingerprint density at radius 2 is 2.00 bits per heavy atom. The molecule has 2 rings (SSSR count). The van der Waals surface area contributed by atoms with E-state index in [0.717, 1.165) is 43.6 Å². The molecule has 0 spiro atoms. The normalized spacial score (nSPS) is 18.2. The first-order chi connectivity index (χ1) is 12.4. The zero-order chi connectivity index (χ0) is 19.1. The van der Waals surface area contributed by atoms with Gasteiger partial charge in [0.05, 0.1) is 12.2 Å². The number of rotatable bonds is 7. The van der Waals surface area contributed by atoms with Crippen LogP contribution >= 0.6 is 0 Å². The van der Waals surface area contributed by atoms with E-state index in [0.29, 0.717) is 6.04 Å². The quantitative estimate of drug-likeness (QED) is 0.577. The minimum Gasteiger partial charge on any atom is -0.357 e. The van der Waals surface area contributed by atoms with Gasteiger partial charge in [0.1, 0.15) is 0 Å². The number of aromatic nitrogens is 2. The smallest absolute Gasteiger partial charge is 0.191 e. The van der Waals surface area contributed by atoms with E-state index in [1.165, 1.54) is 37.2 Å². The molecule has 1 unspecified atom stereocenters. The highest BCUT2D eigenvalue weighted by Crippen LogP contribution is 2.15. The average Bonchev–Trinajstić information content (AvgIpc) is 2.83. The Kier molecular flexibility index (Phi) is 7.94. The van der Waals surface area contributed by atoms with Crippen molar-refractivity contribution in [3.63, 3.8) is 0 Å². The number of guanidine groups is 1. The van der Waals surface area contributed by atoms with Gasteiger partial charge in [-0.25, -0.2) is 0 Å². The summed E-state index contributed by atoms with van der Waals surface area (Å²) in [5.74, 6) is 1.80. The summed E-state index contributed by atoms with van der Waals surface area (Å²) in [4.78, 5) is 7.33. The molecule has 0 aliphatic carbocycles. The molecule has 0 radical (unpaired) electrons. The lowest BCUT2D eigenvalue weighted by atomic mass is 9.99. The molecule has 148 valence electrons. The van der Waals surface area contributed by atoms with Gasteiger partial charge in [-0.15, -0.1) is 0 Å². The van der Waals surface area contributed by atoms with Crippen LogP contribution in [0.4, 0.5) is 0 Å². The zero-order valence-electron chi connectivity index (χ0n) is 17.6. The van der Waals surface area contributed by atoms with Crippen molar-refractivity contribution in [3.8, 4) is 0 Å². The van der Waals surface area contributed by atoms with Gasteiger partial charge in [0.15, 0.2) is 5.96 Å². The highest BCUT2D eigenvalue weighted by atomic mass is 15.3. The molecule has 0 aromatic carbocycles. The maximum absolute atomic E-state index is 4.79.